The third kappa shape index (κ3) is 2.70. The topological polar surface area (TPSA) is 95.6 Å². The van der Waals surface area contributed by atoms with Crippen LogP contribution in [0.25, 0.3) is 0 Å². The summed E-state index contributed by atoms with van der Waals surface area (Å²) >= 11 is 1.52. The lowest BCUT2D eigenvalue weighted by atomic mass is 10.5. The summed E-state index contributed by atoms with van der Waals surface area (Å²) in [5.41, 5.74) is 5.59. The van der Waals surface area contributed by atoms with Gasteiger partial charge in [0.15, 0.2) is 5.16 Å². The number of nitrogens with two attached hydrogens (primary N) is 1. The van der Waals surface area contributed by atoms with Crippen molar-refractivity contribution in [3.63, 3.8) is 0 Å². The van der Waals surface area contributed by atoms with E-state index in [2.05, 4.69) is 20.4 Å². The molecule has 7 nitrogen and oxygen atoms in total. The molecule has 2 aromatic rings. The fourth-order valence-corrected chi connectivity index (χ4v) is 2.37. The van der Waals surface area contributed by atoms with Crippen LogP contribution in [0.15, 0.2) is 9.57 Å². The number of aromatic nitrogens is 5. The second-order valence-electron chi connectivity index (χ2n) is 3.58. The molecule has 0 amide bonds. The first-order valence-electron chi connectivity index (χ1n) is 5.84. The van der Waals surface area contributed by atoms with Crippen molar-refractivity contribution < 1.29 is 4.42 Å². The summed E-state index contributed by atoms with van der Waals surface area (Å²) in [7, 11) is 0. The molecule has 0 aliphatic heterocycles. The van der Waals surface area contributed by atoms with Gasteiger partial charge in [0.1, 0.15) is 5.82 Å². The molecular weight excluding hydrogens is 252 g/mol. The Hall–Kier alpha value is -1.41. The van der Waals surface area contributed by atoms with Gasteiger partial charge in [0, 0.05) is 13.0 Å². The van der Waals surface area contributed by atoms with Gasteiger partial charge in [-0.1, -0.05) is 18.7 Å². The molecule has 0 bridgehead atoms. The number of aryl methyl sites for hydroxylation is 1. The predicted molar refractivity (Wildman–Crippen MR) is 66.8 cm³/mol. The molecule has 0 radical (unpaired) electrons. The van der Waals surface area contributed by atoms with E-state index in [4.69, 9.17) is 10.2 Å². The van der Waals surface area contributed by atoms with Gasteiger partial charge in [0.05, 0.1) is 12.3 Å². The lowest BCUT2D eigenvalue weighted by Gasteiger charge is -2.04. The largest absolute Gasteiger partial charge is 0.424 e. The Kier molecular flexibility index (Phi) is 4.32. The van der Waals surface area contributed by atoms with Crippen molar-refractivity contribution in [2.24, 2.45) is 5.73 Å². The zero-order valence-electron chi connectivity index (χ0n) is 10.5. The lowest BCUT2D eigenvalue weighted by Crippen LogP contribution is -2.08. The minimum Gasteiger partial charge on any atom is -0.424 e. The highest BCUT2D eigenvalue weighted by atomic mass is 32.2. The normalized spacial score (nSPS) is 11.1. The molecule has 8 heteroatoms. The van der Waals surface area contributed by atoms with E-state index in [1.54, 1.807) is 0 Å². The molecule has 2 aromatic heterocycles. The van der Waals surface area contributed by atoms with E-state index in [1.165, 1.54) is 11.8 Å². The maximum Gasteiger partial charge on any atom is 0.226 e. The second kappa shape index (κ2) is 5.96. The Balaban J connectivity index is 2.03. The van der Waals surface area contributed by atoms with Gasteiger partial charge >= 0.3 is 0 Å². The van der Waals surface area contributed by atoms with E-state index in [1.807, 2.05) is 18.4 Å². The molecule has 0 aliphatic rings. The van der Waals surface area contributed by atoms with Crippen molar-refractivity contribution >= 4 is 11.8 Å². The number of nitrogens with zero attached hydrogens (tertiary/aromatic N) is 5. The van der Waals surface area contributed by atoms with E-state index < -0.39 is 0 Å². The summed E-state index contributed by atoms with van der Waals surface area (Å²) in [6, 6.07) is 0. The molecule has 0 aliphatic carbocycles. The second-order valence-corrected chi connectivity index (χ2v) is 4.52. The van der Waals surface area contributed by atoms with Crippen molar-refractivity contribution in [3.8, 4) is 0 Å². The summed E-state index contributed by atoms with van der Waals surface area (Å²) in [4.78, 5) is 0. The van der Waals surface area contributed by atoms with Crippen LogP contribution in [0.5, 0.6) is 0 Å². The average Bonchev–Trinajstić information content (AvgIpc) is 3.01. The Morgan fingerprint density at radius 2 is 1.94 bits per heavy atom. The van der Waals surface area contributed by atoms with Crippen molar-refractivity contribution in [1.29, 1.82) is 0 Å². The van der Waals surface area contributed by atoms with E-state index in [-0.39, 0.29) is 0 Å². The van der Waals surface area contributed by atoms with Gasteiger partial charge in [-0.3, -0.25) is 0 Å². The number of rotatable bonds is 6. The Morgan fingerprint density at radius 3 is 2.56 bits per heavy atom. The van der Waals surface area contributed by atoms with Crippen LogP contribution in [0.4, 0.5) is 0 Å². The van der Waals surface area contributed by atoms with Crippen molar-refractivity contribution in [2.45, 2.75) is 44.3 Å². The zero-order chi connectivity index (χ0) is 13.0. The monoisotopic (exact) mass is 268 g/mol. The molecule has 2 rings (SSSR count). The highest BCUT2D eigenvalue weighted by molar-refractivity contribution is 7.98. The van der Waals surface area contributed by atoms with Gasteiger partial charge in [-0.05, 0) is 6.92 Å². The number of hydrogen-bond acceptors (Lipinski definition) is 7. The highest BCUT2D eigenvalue weighted by Gasteiger charge is 2.12. The summed E-state index contributed by atoms with van der Waals surface area (Å²) in [6.07, 6.45) is 0.750. The van der Waals surface area contributed by atoms with Gasteiger partial charge < -0.3 is 14.7 Å². The van der Waals surface area contributed by atoms with E-state index in [0.717, 1.165) is 23.9 Å². The first-order valence-corrected chi connectivity index (χ1v) is 6.83. The Morgan fingerprint density at radius 1 is 1.17 bits per heavy atom. The maximum absolute atomic E-state index is 5.59. The smallest absolute Gasteiger partial charge is 0.226 e. The van der Waals surface area contributed by atoms with Crippen molar-refractivity contribution in [2.75, 3.05) is 0 Å². The summed E-state index contributed by atoms with van der Waals surface area (Å²) in [6.45, 7) is 5.20. The van der Waals surface area contributed by atoms with E-state index >= 15 is 0 Å². The van der Waals surface area contributed by atoms with Crippen LogP contribution in [0, 0.1) is 0 Å². The van der Waals surface area contributed by atoms with Crippen LogP contribution in [0.1, 0.15) is 31.5 Å². The van der Waals surface area contributed by atoms with Crippen molar-refractivity contribution in [3.05, 3.63) is 17.6 Å². The molecule has 0 fully saturated rings. The van der Waals surface area contributed by atoms with Crippen LogP contribution in [0.3, 0.4) is 0 Å². The van der Waals surface area contributed by atoms with Crippen LogP contribution in [0.2, 0.25) is 0 Å². The molecule has 0 spiro atoms. The molecule has 18 heavy (non-hydrogen) atoms. The van der Waals surface area contributed by atoms with Crippen LogP contribution in [-0.4, -0.2) is 25.0 Å². The minimum absolute atomic E-state index is 0.391. The molecule has 0 atom stereocenters. The lowest BCUT2D eigenvalue weighted by molar-refractivity contribution is 0.469. The van der Waals surface area contributed by atoms with Crippen LogP contribution < -0.4 is 5.73 Å². The standard InChI is InChI=1S/C10H16N6OS/c1-3-8-13-14-9(17-8)6-18-10-15-12-7(5-11)16(10)4-2/h3-6,11H2,1-2H3. The molecule has 0 saturated carbocycles. The Bertz CT molecular complexity index is 508. The van der Waals surface area contributed by atoms with Gasteiger partial charge in [0.25, 0.3) is 0 Å². The summed E-state index contributed by atoms with van der Waals surface area (Å²) < 4.78 is 7.42. The molecule has 0 unspecified atom stereocenters. The first-order chi connectivity index (χ1) is 8.78. The van der Waals surface area contributed by atoms with Gasteiger partial charge in [-0.25, -0.2) is 0 Å². The predicted octanol–water partition coefficient (Wildman–Crippen LogP) is 0.994. The highest BCUT2D eigenvalue weighted by Crippen LogP contribution is 2.21. The van der Waals surface area contributed by atoms with Crippen molar-refractivity contribution in [1.82, 2.24) is 25.0 Å². The number of thioether (sulfide) groups is 1. The number of hydrogen-bond donors (Lipinski definition) is 1. The molecule has 0 aromatic carbocycles. The molecule has 2 N–H and O–H groups in total. The summed E-state index contributed by atoms with van der Waals surface area (Å²) in [5, 5.41) is 16.9. The first kappa shape index (κ1) is 13.0. The third-order valence-corrected chi connectivity index (χ3v) is 3.38. The minimum atomic E-state index is 0.391. The average molecular weight is 268 g/mol. The van der Waals surface area contributed by atoms with Crippen LogP contribution in [-0.2, 0) is 25.3 Å². The van der Waals surface area contributed by atoms with E-state index in [9.17, 15) is 0 Å². The molecule has 98 valence electrons. The maximum atomic E-state index is 5.59. The SMILES string of the molecule is CCc1nnc(CSc2nnc(CN)n2CC)o1. The van der Waals surface area contributed by atoms with E-state index in [0.29, 0.717) is 24.1 Å². The summed E-state index contributed by atoms with van der Waals surface area (Å²) in [5.74, 6) is 2.65. The zero-order valence-corrected chi connectivity index (χ0v) is 11.3. The Labute approximate surface area is 109 Å². The fraction of sp³-hybridized carbons (Fsp3) is 0.600. The third-order valence-electron chi connectivity index (χ3n) is 2.43. The molecular formula is C10H16N6OS. The fourth-order valence-electron chi connectivity index (χ4n) is 1.51. The molecule has 2 heterocycles. The quantitative estimate of drug-likeness (QED) is 0.780. The van der Waals surface area contributed by atoms with Gasteiger partial charge in [-0.15, -0.1) is 20.4 Å². The van der Waals surface area contributed by atoms with Gasteiger partial charge in [-0.2, -0.15) is 0 Å². The molecule has 0 saturated heterocycles. The van der Waals surface area contributed by atoms with Crippen LogP contribution >= 0.6 is 11.8 Å². The van der Waals surface area contributed by atoms with Gasteiger partial charge in [0.2, 0.25) is 11.8 Å².